The van der Waals surface area contributed by atoms with Crippen LogP contribution in [0.3, 0.4) is 0 Å². The monoisotopic (exact) mass is 291 g/mol. The Hall–Kier alpha value is -1.59. The van der Waals surface area contributed by atoms with E-state index in [1.807, 2.05) is 12.1 Å². The molecule has 116 valence electrons. The Morgan fingerprint density at radius 3 is 2.62 bits per heavy atom. The maximum absolute atomic E-state index is 11.7. The standard InChI is InChI=1S/C16H25N3O2/c1-14-2-4-15(5-3-14)17-7-6-16(20)18-8-9-19-10-12-21-13-11-19/h2-5,17H,6-13H2,1H3,(H,18,20). The zero-order valence-corrected chi connectivity index (χ0v) is 12.7. The molecule has 2 N–H and O–H groups in total. The fourth-order valence-corrected chi connectivity index (χ4v) is 2.26. The molecule has 1 aliphatic rings. The average molecular weight is 291 g/mol. The number of nitrogens with one attached hydrogen (secondary N) is 2. The normalized spacial score (nSPS) is 15.7. The maximum Gasteiger partial charge on any atom is 0.221 e. The van der Waals surface area contributed by atoms with E-state index < -0.39 is 0 Å². The molecule has 2 rings (SSSR count). The van der Waals surface area contributed by atoms with E-state index >= 15 is 0 Å². The molecule has 0 saturated carbocycles. The maximum atomic E-state index is 11.7. The lowest BCUT2D eigenvalue weighted by Gasteiger charge is -2.26. The molecule has 0 radical (unpaired) electrons. The summed E-state index contributed by atoms with van der Waals surface area (Å²) in [6.07, 6.45) is 0.497. The minimum atomic E-state index is 0.0999. The molecule has 1 fully saturated rings. The van der Waals surface area contributed by atoms with Crippen LogP contribution in [0.4, 0.5) is 5.69 Å². The number of morpholine rings is 1. The highest BCUT2D eigenvalue weighted by Crippen LogP contribution is 2.08. The fraction of sp³-hybridized carbons (Fsp3) is 0.562. The molecular formula is C16H25N3O2. The van der Waals surface area contributed by atoms with Gasteiger partial charge in [0.1, 0.15) is 0 Å². The van der Waals surface area contributed by atoms with Gasteiger partial charge in [0.2, 0.25) is 5.91 Å². The second kappa shape index (κ2) is 8.64. The van der Waals surface area contributed by atoms with Crippen LogP contribution in [0.5, 0.6) is 0 Å². The number of carbonyl (C=O) groups is 1. The van der Waals surface area contributed by atoms with Gasteiger partial charge in [0.05, 0.1) is 13.2 Å². The van der Waals surface area contributed by atoms with Gasteiger partial charge in [0.25, 0.3) is 0 Å². The van der Waals surface area contributed by atoms with Crippen molar-refractivity contribution in [3.63, 3.8) is 0 Å². The van der Waals surface area contributed by atoms with Crippen LogP contribution in [0, 0.1) is 6.92 Å². The Balaban J connectivity index is 1.54. The number of nitrogens with zero attached hydrogens (tertiary/aromatic N) is 1. The van der Waals surface area contributed by atoms with Crippen LogP contribution in [0.25, 0.3) is 0 Å². The third-order valence-corrected chi connectivity index (χ3v) is 3.59. The van der Waals surface area contributed by atoms with E-state index in [9.17, 15) is 4.79 Å². The molecule has 1 saturated heterocycles. The molecule has 1 aromatic rings. The van der Waals surface area contributed by atoms with Crippen molar-refractivity contribution in [2.24, 2.45) is 0 Å². The first-order valence-electron chi connectivity index (χ1n) is 7.61. The molecule has 0 aromatic heterocycles. The number of carbonyl (C=O) groups excluding carboxylic acids is 1. The van der Waals surface area contributed by atoms with Crippen molar-refractivity contribution in [3.8, 4) is 0 Å². The Kier molecular flexibility index (Phi) is 6.50. The highest BCUT2D eigenvalue weighted by atomic mass is 16.5. The number of ether oxygens (including phenoxy) is 1. The topological polar surface area (TPSA) is 53.6 Å². The van der Waals surface area contributed by atoms with Crippen molar-refractivity contribution in [1.82, 2.24) is 10.2 Å². The van der Waals surface area contributed by atoms with Crippen molar-refractivity contribution >= 4 is 11.6 Å². The van der Waals surface area contributed by atoms with Gasteiger partial charge >= 0.3 is 0 Å². The quantitative estimate of drug-likeness (QED) is 0.794. The lowest BCUT2D eigenvalue weighted by atomic mass is 10.2. The third kappa shape index (κ3) is 6.14. The number of amides is 1. The molecule has 1 aliphatic heterocycles. The minimum Gasteiger partial charge on any atom is -0.385 e. The molecule has 1 heterocycles. The van der Waals surface area contributed by atoms with E-state index in [0.29, 0.717) is 19.5 Å². The zero-order chi connectivity index (χ0) is 14.9. The molecule has 0 spiro atoms. The van der Waals surface area contributed by atoms with Crippen LogP contribution in [-0.4, -0.2) is 56.7 Å². The van der Waals surface area contributed by atoms with Gasteiger partial charge in [-0.25, -0.2) is 0 Å². The lowest BCUT2D eigenvalue weighted by molar-refractivity contribution is -0.120. The van der Waals surface area contributed by atoms with Crippen LogP contribution < -0.4 is 10.6 Å². The van der Waals surface area contributed by atoms with Gasteiger partial charge in [-0.1, -0.05) is 17.7 Å². The van der Waals surface area contributed by atoms with Crippen LogP contribution in [0.15, 0.2) is 24.3 Å². The van der Waals surface area contributed by atoms with E-state index in [2.05, 4.69) is 34.6 Å². The highest BCUT2D eigenvalue weighted by Gasteiger charge is 2.09. The number of rotatable bonds is 7. The summed E-state index contributed by atoms with van der Waals surface area (Å²) in [6, 6.07) is 8.19. The summed E-state index contributed by atoms with van der Waals surface area (Å²) < 4.78 is 5.29. The zero-order valence-electron chi connectivity index (χ0n) is 12.7. The predicted molar refractivity (Wildman–Crippen MR) is 84.6 cm³/mol. The number of anilines is 1. The molecule has 0 unspecified atom stereocenters. The summed E-state index contributed by atoms with van der Waals surface area (Å²) in [5.74, 6) is 0.0999. The summed E-state index contributed by atoms with van der Waals surface area (Å²) in [6.45, 7) is 7.86. The summed E-state index contributed by atoms with van der Waals surface area (Å²) in [4.78, 5) is 14.0. The van der Waals surface area contributed by atoms with Gasteiger partial charge in [-0.15, -0.1) is 0 Å². The first kappa shape index (κ1) is 15.8. The average Bonchev–Trinajstić information content (AvgIpc) is 2.50. The Morgan fingerprint density at radius 1 is 1.19 bits per heavy atom. The largest absolute Gasteiger partial charge is 0.385 e. The van der Waals surface area contributed by atoms with E-state index in [0.717, 1.165) is 38.5 Å². The molecular weight excluding hydrogens is 266 g/mol. The van der Waals surface area contributed by atoms with E-state index in [4.69, 9.17) is 4.74 Å². The number of hydrogen-bond acceptors (Lipinski definition) is 4. The lowest BCUT2D eigenvalue weighted by Crippen LogP contribution is -2.41. The number of benzene rings is 1. The van der Waals surface area contributed by atoms with Gasteiger partial charge in [-0.3, -0.25) is 9.69 Å². The van der Waals surface area contributed by atoms with Gasteiger partial charge in [0.15, 0.2) is 0 Å². The van der Waals surface area contributed by atoms with Crippen LogP contribution in [-0.2, 0) is 9.53 Å². The molecule has 21 heavy (non-hydrogen) atoms. The highest BCUT2D eigenvalue weighted by molar-refractivity contribution is 5.76. The van der Waals surface area contributed by atoms with Gasteiger partial charge < -0.3 is 15.4 Å². The molecule has 0 aliphatic carbocycles. The predicted octanol–water partition coefficient (Wildman–Crippen LogP) is 1.25. The molecule has 0 atom stereocenters. The van der Waals surface area contributed by atoms with Gasteiger partial charge in [-0.2, -0.15) is 0 Å². The third-order valence-electron chi connectivity index (χ3n) is 3.59. The SMILES string of the molecule is Cc1ccc(NCCC(=O)NCCN2CCOCC2)cc1. The van der Waals surface area contributed by atoms with Crippen molar-refractivity contribution in [2.75, 3.05) is 51.3 Å². The van der Waals surface area contributed by atoms with Crippen molar-refractivity contribution in [3.05, 3.63) is 29.8 Å². The van der Waals surface area contributed by atoms with Gasteiger partial charge in [0, 0.05) is 44.8 Å². The summed E-state index contributed by atoms with van der Waals surface area (Å²) >= 11 is 0. The van der Waals surface area contributed by atoms with Crippen LogP contribution in [0.2, 0.25) is 0 Å². The summed E-state index contributed by atoms with van der Waals surface area (Å²) in [5, 5.41) is 6.22. The molecule has 1 aromatic carbocycles. The van der Waals surface area contributed by atoms with E-state index in [1.165, 1.54) is 5.56 Å². The molecule has 5 heteroatoms. The molecule has 1 amide bonds. The number of aryl methyl sites for hydroxylation is 1. The summed E-state index contributed by atoms with van der Waals surface area (Å²) in [7, 11) is 0. The van der Waals surface area contributed by atoms with Crippen molar-refractivity contribution in [2.45, 2.75) is 13.3 Å². The Bertz CT molecular complexity index is 428. The van der Waals surface area contributed by atoms with Crippen molar-refractivity contribution in [1.29, 1.82) is 0 Å². The number of hydrogen-bond donors (Lipinski definition) is 2. The first-order chi connectivity index (χ1) is 10.2. The molecule has 5 nitrogen and oxygen atoms in total. The Labute approximate surface area is 126 Å². The van der Waals surface area contributed by atoms with E-state index in [-0.39, 0.29) is 5.91 Å². The molecule has 0 bridgehead atoms. The second-order valence-corrected chi connectivity index (χ2v) is 5.35. The fourth-order valence-electron chi connectivity index (χ4n) is 2.26. The van der Waals surface area contributed by atoms with Crippen LogP contribution in [0.1, 0.15) is 12.0 Å². The van der Waals surface area contributed by atoms with Crippen LogP contribution >= 0.6 is 0 Å². The van der Waals surface area contributed by atoms with Gasteiger partial charge in [-0.05, 0) is 19.1 Å². The summed E-state index contributed by atoms with van der Waals surface area (Å²) in [5.41, 5.74) is 2.29. The first-order valence-corrected chi connectivity index (χ1v) is 7.61. The second-order valence-electron chi connectivity index (χ2n) is 5.35. The minimum absolute atomic E-state index is 0.0999. The smallest absolute Gasteiger partial charge is 0.221 e. The van der Waals surface area contributed by atoms with Crippen molar-refractivity contribution < 1.29 is 9.53 Å². The van der Waals surface area contributed by atoms with E-state index in [1.54, 1.807) is 0 Å². The Morgan fingerprint density at radius 2 is 1.90 bits per heavy atom.